The highest BCUT2D eigenvalue weighted by molar-refractivity contribution is 6.31. The zero-order valence-corrected chi connectivity index (χ0v) is 14.1. The first-order chi connectivity index (χ1) is 11.0. The maximum absolute atomic E-state index is 12.1. The number of nitrogens with zero attached hydrogens (tertiary/aromatic N) is 2. The van der Waals surface area contributed by atoms with Gasteiger partial charge in [0.2, 0.25) is 5.91 Å². The summed E-state index contributed by atoms with van der Waals surface area (Å²) in [4.78, 5) is 12.1. The van der Waals surface area contributed by atoms with Crippen LogP contribution in [0, 0.1) is 6.92 Å². The van der Waals surface area contributed by atoms with Crippen LogP contribution in [0.4, 0.5) is 5.69 Å². The molecule has 0 atom stereocenters. The van der Waals surface area contributed by atoms with Crippen LogP contribution in [0.3, 0.4) is 0 Å². The van der Waals surface area contributed by atoms with E-state index in [9.17, 15) is 4.79 Å². The molecule has 23 heavy (non-hydrogen) atoms. The lowest BCUT2D eigenvalue weighted by molar-refractivity contribution is -0.111. The molecule has 0 radical (unpaired) electrons. The van der Waals surface area contributed by atoms with Crippen molar-refractivity contribution < 1.29 is 14.3 Å². The molecule has 1 aromatic carbocycles. The fourth-order valence-corrected chi connectivity index (χ4v) is 2.32. The van der Waals surface area contributed by atoms with E-state index in [1.165, 1.54) is 13.2 Å². The lowest BCUT2D eigenvalue weighted by Gasteiger charge is -2.10. The van der Waals surface area contributed by atoms with E-state index in [-0.39, 0.29) is 5.91 Å². The molecule has 1 amide bonds. The highest BCUT2D eigenvalue weighted by Crippen LogP contribution is 2.29. The number of benzene rings is 1. The number of aryl methyl sites for hydroxylation is 2. The van der Waals surface area contributed by atoms with Gasteiger partial charge in [0.25, 0.3) is 0 Å². The molecule has 0 saturated heterocycles. The molecule has 0 aliphatic rings. The normalized spacial score (nSPS) is 10.8. The Labute approximate surface area is 139 Å². The van der Waals surface area contributed by atoms with Crippen molar-refractivity contribution in [2.75, 3.05) is 19.5 Å². The molecular formula is C16H18ClN3O3. The van der Waals surface area contributed by atoms with Crippen molar-refractivity contribution in [3.8, 4) is 11.5 Å². The fourth-order valence-electron chi connectivity index (χ4n) is 2.08. The molecule has 0 bridgehead atoms. The average Bonchev–Trinajstić information content (AvgIpc) is 2.78. The second kappa shape index (κ2) is 7.19. The van der Waals surface area contributed by atoms with Gasteiger partial charge in [-0.1, -0.05) is 11.6 Å². The second-order valence-corrected chi connectivity index (χ2v) is 5.16. The Bertz CT molecular complexity index is 753. The fraction of sp³-hybridized carbons (Fsp3) is 0.250. The van der Waals surface area contributed by atoms with E-state index in [1.807, 2.05) is 6.92 Å². The van der Waals surface area contributed by atoms with Gasteiger partial charge in [0.05, 0.1) is 25.6 Å². The van der Waals surface area contributed by atoms with Crippen LogP contribution in [0.1, 0.15) is 11.3 Å². The number of hydrogen-bond acceptors (Lipinski definition) is 4. The van der Waals surface area contributed by atoms with Crippen LogP contribution in [0.2, 0.25) is 5.15 Å². The molecule has 1 heterocycles. The molecule has 0 fully saturated rings. The number of methoxy groups -OCH3 is 2. The van der Waals surface area contributed by atoms with E-state index < -0.39 is 0 Å². The van der Waals surface area contributed by atoms with Crippen LogP contribution in [0.5, 0.6) is 11.5 Å². The van der Waals surface area contributed by atoms with E-state index in [0.29, 0.717) is 27.9 Å². The topological polar surface area (TPSA) is 65.4 Å². The average molecular weight is 336 g/mol. The Morgan fingerprint density at radius 1 is 1.35 bits per heavy atom. The summed E-state index contributed by atoms with van der Waals surface area (Å²) in [7, 11) is 4.83. The van der Waals surface area contributed by atoms with E-state index in [2.05, 4.69) is 10.4 Å². The number of rotatable bonds is 5. The van der Waals surface area contributed by atoms with Crippen molar-refractivity contribution in [1.82, 2.24) is 9.78 Å². The van der Waals surface area contributed by atoms with Gasteiger partial charge in [0.1, 0.15) is 16.7 Å². The number of nitrogens with one attached hydrogen (secondary N) is 1. The summed E-state index contributed by atoms with van der Waals surface area (Å²) in [5, 5.41) is 7.42. The first-order valence-corrected chi connectivity index (χ1v) is 7.24. The standard InChI is InChI=1S/C16H18ClN3O3/c1-10-12(16(17)20(2)19-10)6-8-15(21)18-13-9-11(22-3)5-7-14(13)23-4/h5-9H,1-4H3,(H,18,21)/b8-6+. The van der Waals surface area contributed by atoms with Crippen LogP contribution < -0.4 is 14.8 Å². The Morgan fingerprint density at radius 2 is 2.09 bits per heavy atom. The van der Waals surface area contributed by atoms with E-state index >= 15 is 0 Å². The van der Waals surface area contributed by atoms with Crippen molar-refractivity contribution in [1.29, 1.82) is 0 Å². The van der Waals surface area contributed by atoms with E-state index in [1.54, 1.807) is 43.1 Å². The van der Waals surface area contributed by atoms with Gasteiger partial charge in [-0.2, -0.15) is 5.10 Å². The quantitative estimate of drug-likeness (QED) is 0.853. The third-order valence-corrected chi connectivity index (χ3v) is 3.71. The summed E-state index contributed by atoms with van der Waals surface area (Å²) in [6.45, 7) is 1.83. The number of aromatic nitrogens is 2. The van der Waals surface area contributed by atoms with Gasteiger partial charge in [-0.25, -0.2) is 0 Å². The molecular weight excluding hydrogens is 318 g/mol. The minimum absolute atomic E-state index is 0.309. The van der Waals surface area contributed by atoms with Gasteiger partial charge in [0, 0.05) is 24.8 Å². The number of hydrogen-bond donors (Lipinski definition) is 1. The molecule has 1 N–H and O–H groups in total. The number of carbonyl (C=O) groups excluding carboxylic acids is 1. The van der Waals surface area contributed by atoms with E-state index in [0.717, 1.165) is 5.69 Å². The molecule has 0 aliphatic heterocycles. The molecule has 0 spiro atoms. The van der Waals surface area contributed by atoms with Gasteiger partial charge < -0.3 is 14.8 Å². The van der Waals surface area contributed by atoms with Gasteiger partial charge in [-0.15, -0.1) is 0 Å². The van der Waals surface area contributed by atoms with Crippen LogP contribution in [0.15, 0.2) is 24.3 Å². The predicted octanol–water partition coefficient (Wildman–Crippen LogP) is 3.05. The van der Waals surface area contributed by atoms with Gasteiger partial charge in [0.15, 0.2) is 0 Å². The van der Waals surface area contributed by atoms with Gasteiger partial charge in [-0.05, 0) is 25.1 Å². The molecule has 0 unspecified atom stereocenters. The number of anilines is 1. The summed E-state index contributed by atoms with van der Waals surface area (Å²) < 4.78 is 11.9. The molecule has 2 aromatic rings. The van der Waals surface area contributed by atoms with Crippen LogP contribution in [0.25, 0.3) is 6.08 Å². The molecule has 0 saturated carbocycles. The predicted molar refractivity (Wildman–Crippen MR) is 90.2 cm³/mol. The summed E-state index contributed by atoms with van der Waals surface area (Å²) in [5.74, 6) is 0.857. The maximum atomic E-state index is 12.1. The number of ether oxygens (including phenoxy) is 2. The second-order valence-electron chi connectivity index (χ2n) is 4.80. The van der Waals surface area contributed by atoms with E-state index in [4.69, 9.17) is 21.1 Å². The minimum Gasteiger partial charge on any atom is -0.497 e. The third kappa shape index (κ3) is 3.84. The van der Waals surface area contributed by atoms with Crippen molar-refractivity contribution in [3.05, 3.63) is 40.7 Å². The first-order valence-electron chi connectivity index (χ1n) is 6.86. The molecule has 0 aliphatic carbocycles. The SMILES string of the molecule is COc1ccc(OC)c(NC(=O)/C=C/c2c(C)nn(C)c2Cl)c1. The smallest absolute Gasteiger partial charge is 0.248 e. The Balaban J connectivity index is 2.18. The van der Waals surface area contributed by atoms with Crippen molar-refractivity contribution in [3.63, 3.8) is 0 Å². The monoisotopic (exact) mass is 335 g/mol. The highest BCUT2D eigenvalue weighted by atomic mass is 35.5. The largest absolute Gasteiger partial charge is 0.497 e. The Hall–Kier alpha value is -2.47. The van der Waals surface area contributed by atoms with Crippen molar-refractivity contribution >= 4 is 29.3 Å². The van der Waals surface area contributed by atoms with Gasteiger partial charge in [-0.3, -0.25) is 9.48 Å². The summed E-state index contributed by atoms with van der Waals surface area (Å²) in [6, 6.07) is 5.16. The molecule has 7 heteroatoms. The van der Waals surface area contributed by atoms with Crippen LogP contribution in [-0.2, 0) is 11.8 Å². The Kier molecular flexibility index (Phi) is 5.28. The number of amides is 1. The third-order valence-electron chi connectivity index (χ3n) is 3.26. The van der Waals surface area contributed by atoms with Crippen molar-refractivity contribution in [2.45, 2.75) is 6.92 Å². The van der Waals surface area contributed by atoms with Gasteiger partial charge >= 0.3 is 0 Å². The lowest BCUT2D eigenvalue weighted by atomic mass is 10.2. The summed E-state index contributed by atoms with van der Waals surface area (Å²) in [6.07, 6.45) is 3.03. The zero-order valence-electron chi connectivity index (χ0n) is 13.4. The summed E-state index contributed by atoms with van der Waals surface area (Å²) >= 11 is 6.13. The first kappa shape index (κ1) is 16.9. The molecule has 6 nitrogen and oxygen atoms in total. The maximum Gasteiger partial charge on any atom is 0.248 e. The number of halogens is 1. The number of carbonyl (C=O) groups is 1. The lowest BCUT2D eigenvalue weighted by Crippen LogP contribution is -2.09. The zero-order chi connectivity index (χ0) is 17.0. The molecule has 2 rings (SSSR count). The molecule has 122 valence electrons. The van der Waals surface area contributed by atoms with Crippen LogP contribution in [-0.4, -0.2) is 29.9 Å². The molecule has 1 aromatic heterocycles. The van der Waals surface area contributed by atoms with Crippen LogP contribution >= 0.6 is 11.6 Å². The highest BCUT2D eigenvalue weighted by Gasteiger charge is 2.10. The minimum atomic E-state index is -0.309. The summed E-state index contributed by atoms with van der Waals surface area (Å²) in [5.41, 5.74) is 1.98. The van der Waals surface area contributed by atoms with Crippen molar-refractivity contribution in [2.24, 2.45) is 7.05 Å². The Morgan fingerprint density at radius 3 is 2.65 bits per heavy atom.